The van der Waals surface area contributed by atoms with Crippen LogP contribution in [0.4, 0.5) is 0 Å². The summed E-state index contributed by atoms with van der Waals surface area (Å²) in [5.74, 6) is 0. The number of aliphatic hydroxyl groups excluding tert-OH is 1. The minimum atomic E-state index is -0.392. The van der Waals surface area contributed by atoms with Crippen LogP contribution < -0.4 is 0 Å². The number of rotatable bonds is 1. The van der Waals surface area contributed by atoms with Crippen LogP contribution in [0.3, 0.4) is 0 Å². The molecule has 0 spiro atoms. The van der Waals surface area contributed by atoms with Crippen LogP contribution in [0.5, 0.6) is 0 Å². The van der Waals surface area contributed by atoms with Crippen LogP contribution in [0.15, 0.2) is 0 Å². The molecule has 4 atom stereocenters. The molecular weight excluding hydrogens is 172 g/mol. The van der Waals surface area contributed by atoms with Gasteiger partial charge in [-0.1, -0.05) is 6.92 Å². The Morgan fingerprint density at radius 2 is 2.23 bits per heavy atom. The van der Waals surface area contributed by atoms with Gasteiger partial charge in [-0.15, -0.1) is 0 Å². The third kappa shape index (κ3) is 1.86. The molecule has 2 saturated heterocycles. The Morgan fingerprint density at radius 3 is 3.00 bits per heavy atom. The van der Waals surface area contributed by atoms with E-state index in [1.807, 2.05) is 6.92 Å². The van der Waals surface area contributed by atoms with Crippen molar-refractivity contribution in [3.63, 3.8) is 0 Å². The molecule has 0 aromatic rings. The summed E-state index contributed by atoms with van der Waals surface area (Å²) in [6, 6.07) is 0. The number of hydrogen-bond donors (Lipinski definition) is 1. The highest BCUT2D eigenvalue weighted by atomic mass is 16.7. The van der Waals surface area contributed by atoms with Gasteiger partial charge in [-0.05, 0) is 12.8 Å². The van der Waals surface area contributed by atoms with E-state index in [1.54, 1.807) is 0 Å². The van der Waals surface area contributed by atoms with Gasteiger partial charge in [0.15, 0.2) is 6.29 Å². The van der Waals surface area contributed by atoms with Crippen LogP contribution in [0.25, 0.3) is 0 Å². The SMILES string of the molecule is CCC1OCC2OCCC(O)C2O1. The van der Waals surface area contributed by atoms with E-state index in [9.17, 15) is 5.11 Å². The molecule has 0 aliphatic carbocycles. The number of ether oxygens (including phenoxy) is 3. The van der Waals surface area contributed by atoms with E-state index in [0.29, 0.717) is 19.6 Å². The lowest BCUT2D eigenvalue weighted by molar-refractivity contribution is -0.294. The maximum absolute atomic E-state index is 9.66. The minimum absolute atomic E-state index is 0.0773. The first-order chi connectivity index (χ1) is 6.31. The van der Waals surface area contributed by atoms with E-state index >= 15 is 0 Å². The quantitative estimate of drug-likeness (QED) is 0.642. The normalized spacial score (nSPS) is 45.7. The average molecular weight is 188 g/mol. The van der Waals surface area contributed by atoms with Gasteiger partial charge in [0.2, 0.25) is 0 Å². The van der Waals surface area contributed by atoms with Gasteiger partial charge in [-0.2, -0.15) is 0 Å². The van der Waals surface area contributed by atoms with E-state index in [0.717, 1.165) is 6.42 Å². The van der Waals surface area contributed by atoms with Gasteiger partial charge in [0.25, 0.3) is 0 Å². The van der Waals surface area contributed by atoms with Gasteiger partial charge in [0, 0.05) is 6.61 Å². The molecule has 4 unspecified atom stereocenters. The summed E-state index contributed by atoms with van der Waals surface area (Å²) >= 11 is 0. The Kier molecular flexibility index (Phi) is 2.83. The fraction of sp³-hybridized carbons (Fsp3) is 1.00. The predicted octanol–water partition coefficient (Wildman–Crippen LogP) is 0.288. The van der Waals surface area contributed by atoms with E-state index in [2.05, 4.69) is 0 Å². The topological polar surface area (TPSA) is 47.9 Å². The molecule has 0 aromatic heterocycles. The molecule has 2 heterocycles. The van der Waals surface area contributed by atoms with Crippen molar-refractivity contribution < 1.29 is 19.3 Å². The van der Waals surface area contributed by atoms with Gasteiger partial charge in [-0.25, -0.2) is 0 Å². The molecule has 76 valence electrons. The summed E-state index contributed by atoms with van der Waals surface area (Å²) in [5.41, 5.74) is 0. The summed E-state index contributed by atoms with van der Waals surface area (Å²) < 4.78 is 16.4. The van der Waals surface area contributed by atoms with Crippen molar-refractivity contribution in [1.29, 1.82) is 0 Å². The van der Waals surface area contributed by atoms with E-state index < -0.39 is 6.10 Å². The van der Waals surface area contributed by atoms with E-state index in [4.69, 9.17) is 14.2 Å². The predicted molar refractivity (Wildman–Crippen MR) is 45.3 cm³/mol. The molecule has 0 radical (unpaired) electrons. The molecule has 13 heavy (non-hydrogen) atoms. The summed E-state index contributed by atoms with van der Waals surface area (Å²) in [6.45, 7) is 3.15. The van der Waals surface area contributed by atoms with Crippen molar-refractivity contribution >= 4 is 0 Å². The first kappa shape index (κ1) is 9.40. The largest absolute Gasteiger partial charge is 0.390 e. The van der Waals surface area contributed by atoms with Crippen molar-refractivity contribution in [3.8, 4) is 0 Å². The first-order valence-corrected chi connectivity index (χ1v) is 4.88. The van der Waals surface area contributed by atoms with Crippen molar-refractivity contribution in [2.24, 2.45) is 0 Å². The van der Waals surface area contributed by atoms with Gasteiger partial charge in [-0.3, -0.25) is 0 Å². The zero-order chi connectivity index (χ0) is 9.26. The van der Waals surface area contributed by atoms with Crippen LogP contribution in [-0.2, 0) is 14.2 Å². The van der Waals surface area contributed by atoms with Crippen LogP contribution in [0.2, 0.25) is 0 Å². The highest BCUT2D eigenvalue weighted by molar-refractivity contribution is 4.84. The highest BCUT2D eigenvalue weighted by Crippen LogP contribution is 2.25. The Balaban J connectivity index is 1.97. The summed E-state index contributed by atoms with van der Waals surface area (Å²) in [5, 5.41) is 9.66. The molecule has 2 aliphatic heterocycles. The summed E-state index contributed by atoms with van der Waals surface area (Å²) in [6.07, 6.45) is 0.654. The van der Waals surface area contributed by atoms with Crippen LogP contribution in [0, 0.1) is 0 Å². The fourth-order valence-corrected chi connectivity index (χ4v) is 1.80. The smallest absolute Gasteiger partial charge is 0.158 e. The van der Waals surface area contributed by atoms with E-state index in [1.165, 1.54) is 0 Å². The van der Waals surface area contributed by atoms with Crippen molar-refractivity contribution in [2.75, 3.05) is 13.2 Å². The number of fused-ring (bicyclic) bond motifs is 1. The molecule has 2 fully saturated rings. The number of aliphatic hydroxyl groups is 1. The minimum Gasteiger partial charge on any atom is -0.390 e. The Hall–Kier alpha value is -0.160. The molecule has 0 saturated carbocycles. The Morgan fingerprint density at radius 1 is 1.38 bits per heavy atom. The standard InChI is InChI=1S/C9H16O4/c1-2-8-12-5-7-9(13-8)6(10)3-4-11-7/h6-10H,2-5H2,1H3. The molecule has 4 heteroatoms. The van der Waals surface area contributed by atoms with Crippen molar-refractivity contribution in [2.45, 2.75) is 44.4 Å². The third-order valence-corrected chi connectivity index (χ3v) is 2.58. The van der Waals surface area contributed by atoms with Gasteiger partial charge >= 0.3 is 0 Å². The van der Waals surface area contributed by atoms with Gasteiger partial charge in [0.05, 0.1) is 12.7 Å². The highest BCUT2D eigenvalue weighted by Gasteiger charge is 2.39. The molecular formula is C9H16O4. The monoisotopic (exact) mass is 188 g/mol. The fourth-order valence-electron chi connectivity index (χ4n) is 1.80. The van der Waals surface area contributed by atoms with Crippen LogP contribution in [0.1, 0.15) is 19.8 Å². The lowest BCUT2D eigenvalue weighted by Gasteiger charge is -2.41. The Labute approximate surface area is 77.8 Å². The second-order valence-corrected chi connectivity index (χ2v) is 3.54. The molecule has 2 aliphatic rings. The zero-order valence-electron chi connectivity index (χ0n) is 7.81. The summed E-state index contributed by atoms with van der Waals surface area (Å²) in [7, 11) is 0. The first-order valence-electron chi connectivity index (χ1n) is 4.88. The second kappa shape index (κ2) is 3.92. The molecule has 0 aromatic carbocycles. The van der Waals surface area contributed by atoms with Gasteiger partial charge < -0.3 is 19.3 Å². The lowest BCUT2D eigenvalue weighted by atomic mass is 10.0. The molecule has 1 N–H and O–H groups in total. The van der Waals surface area contributed by atoms with Crippen LogP contribution in [-0.4, -0.2) is 42.9 Å². The zero-order valence-corrected chi connectivity index (χ0v) is 7.81. The van der Waals surface area contributed by atoms with Crippen molar-refractivity contribution in [1.82, 2.24) is 0 Å². The maximum atomic E-state index is 9.66. The molecule has 4 nitrogen and oxygen atoms in total. The van der Waals surface area contributed by atoms with Gasteiger partial charge in [0.1, 0.15) is 12.2 Å². The molecule has 0 amide bonds. The Bertz CT molecular complexity index is 173. The maximum Gasteiger partial charge on any atom is 0.158 e. The van der Waals surface area contributed by atoms with E-state index in [-0.39, 0.29) is 18.5 Å². The van der Waals surface area contributed by atoms with Crippen molar-refractivity contribution in [3.05, 3.63) is 0 Å². The molecule has 2 rings (SSSR count). The average Bonchev–Trinajstić information content (AvgIpc) is 2.18. The van der Waals surface area contributed by atoms with Crippen LogP contribution >= 0.6 is 0 Å². The molecule has 0 bridgehead atoms. The second-order valence-electron chi connectivity index (χ2n) is 3.54. The third-order valence-electron chi connectivity index (χ3n) is 2.58. The lowest BCUT2D eigenvalue weighted by Crippen LogP contribution is -2.54. The summed E-state index contributed by atoms with van der Waals surface area (Å²) in [4.78, 5) is 0. The number of hydrogen-bond acceptors (Lipinski definition) is 4.